The molecule has 4 nitrogen and oxygen atoms in total. The van der Waals surface area contributed by atoms with Gasteiger partial charge in [-0.3, -0.25) is 4.98 Å². The normalized spacial score (nSPS) is 25.8. The first kappa shape index (κ1) is 15.0. The number of nitrogens with one attached hydrogen (secondary N) is 2. The van der Waals surface area contributed by atoms with E-state index in [1.807, 2.05) is 13.1 Å². The first-order valence-electron chi connectivity index (χ1n) is 9.17. The van der Waals surface area contributed by atoms with E-state index < -0.39 is 0 Å². The molecule has 1 aliphatic heterocycles. The van der Waals surface area contributed by atoms with Crippen LogP contribution in [0.25, 0.3) is 10.9 Å². The molecule has 5 rings (SSSR count). The Bertz CT molecular complexity index is 911. The SMILES string of the molecule is Cc1ccc(NC2C[C@@H]3c4cccc5[nH]cc(c45)C[C@H]3N(C)C2)cn1. The van der Waals surface area contributed by atoms with Crippen LogP contribution in [0.4, 0.5) is 5.69 Å². The summed E-state index contributed by atoms with van der Waals surface area (Å²) < 4.78 is 0. The number of hydrogen-bond donors (Lipinski definition) is 2. The van der Waals surface area contributed by atoms with Gasteiger partial charge in [-0.25, -0.2) is 0 Å². The zero-order valence-corrected chi connectivity index (χ0v) is 14.8. The largest absolute Gasteiger partial charge is 0.380 e. The summed E-state index contributed by atoms with van der Waals surface area (Å²) in [5.74, 6) is 0.585. The summed E-state index contributed by atoms with van der Waals surface area (Å²) >= 11 is 0. The predicted octanol–water partition coefficient (Wildman–Crippen LogP) is 3.70. The number of likely N-dealkylation sites (tertiary alicyclic amines) is 1. The van der Waals surface area contributed by atoms with Gasteiger partial charge >= 0.3 is 0 Å². The molecule has 25 heavy (non-hydrogen) atoms. The fraction of sp³-hybridized carbons (Fsp3) is 0.381. The number of likely N-dealkylation sites (N-methyl/N-ethyl adjacent to an activating group) is 1. The van der Waals surface area contributed by atoms with E-state index >= 15 is 0 Å². The Morgan fingerprint density at radius 1 is 1.24 bits per heavy atom. The minimum atomic E-state index is 0.450. The summed E-state index contributed by atoms with van der Waals surface area (Å²) in [4.78, 5) is 10.4. The fourth-order valence-electron chi connectivity index (χ4n) is 4.84. The zero-order valence-electron chi connectivity index (χ0n) is 14.8. The minimum absolute atomic E-state index is 0.450. The van der Waals surface area contributed by atoms with Crippen LogP contribution >= 0.6 is 0 Å². The number of hydrogen-bond acceptors (Lipinski definition) is 3. The molecule has 0 spiro atoms. The number of anilines is 1. The number of benzene rings is 1. The molecule has 0 saturated carbocycles. The lowest BCUT2D eigenvalue weighted by molar-refractivity contribution is 0.147. The van der Waals surface area contributed by atoms with Gasteiger partial charge in [0.05, 0.1) is 11.9 Å². The van der Waals surface area contributed by atoms with Gasteiger partial charge in [-0.05, 0) is 56.1 Å². The van der Waals surface area contributed by atoms with Crippen LogP contribution in [-0.4, -0.2) is 40.5 Å². The standard InChI is InChI=1S/C21H24N4/c1-13-6-7-15(11-22-13)24-16-9-18-17-4-3-5-19-21(17)14(10-23-19)8-20(18)25(2)12-16/h3-7,10-11,16,18,20,23-24H,8-9,12H2,1-2H3/t16?,18-,20-/m1/s1. The molecular weight excluding hydrogens is 308 g/mol. The van der Waals surface area contributed by atoms with Gasteiger partial charge in [0.1, 0.15) is 0 Å². The van der Waals surface area contributed by atoms with Crippen LogP contribution in [0.1, 0.15) is 29.2 Å². The van der Waals surface area contributed by atoms with Gasteiger partial charge in [0.15, 0.2) is 0 Å². The van der Waals surface area contributed by atoms with Crippen molar-refractivity contribution in [3.63, 3.8) is 0 Å². The van der Waals surface area contributed by atoms with E-state index in [4.69, 9.17) is 0 Å². The van der Waals surface area contributed by atoms with Crippen LogP contribution in [-0.2, 0) is 6.42 Å². The van der Waals surface area contributed by atoms with Crippen LogP contribution in [0.2, 0.25) is 0 Å². The fourth-order valence-corrected chi connectivity index (χ4v) is 4.84. The van der Waals surface area contributed by atoms with Crippen molar-refractivity contribution in [3.05, 3.63) is 59.5 Å². The van der Waals surface area contributed by atoms with Crippen molar-refractivity contribution < 1.29 is 0 Å². The van der Waals surface area contributed by atoms with Crippen molar-refractivity contribution >= 4 is 16.6 Å². The van der Waals surface area contributed by atoms with Gasteiger partial charge in [-0.2, -0.15) is 0 Å². The number of piperidine rings is 1. The maximum Gasteiger partial charge on any atom is 0.0529 e. The van der Waals surface area contributed by atoms with Crippen molar-refractivity contribution in [1.29, 1.82) is 0 Å². The van der Waals surface area contributed by atoms with Crippen LogP contribution < -0.4 is 5.32 Å². The topological polar surface area (TPSA) is 44.0 Å². The molecule has 4 heteroatoms. The molecular formula is C21H24N4. The van der Waals surface area contributed by atoms with Crippen LogP contribution in [0, 0.1) is 6.92 Å². The monoisotopic (exact) mass is 332 g/mol. The smallest absolute Gasteiger partial charge is 0.0529 e. The van der Waals surface area contributed by atoms with Gasteiger partial charge in [-0.1, -0.05) is 12.1 Å². The number of aromatic nitrogens is 2. The number of rotatable bonds is 2. The van der Waals surface area contributed by atoms with Crippen molar-refractivity contribution in [1.82, 2.24) is 14.9 Å². The van der Waals surface area contributed by atoms with Gasteiger partial charge in [-0.15, -0.1) is 0 Å². The highest BCUT2D eigenvalue weighted by Crippen LogP contribution is 2.43. The maximum atomic E-state index is 4.42. The number of H-pyrrole nitrogens is 1. The Kier molecular flexibility index (Phi) is 3.35. The molecule has 1 unspecified atom stereocenters. The molecule has 2 aliphatic rings. The van der Waals surface area contributed by atoms with Crippen molar-refractivity contribution in [2.45, 2.75) is 37.8 Å². The van der Waals surface area contributed by atoms with E-state index in [2.05, 4.69) is 63.8 Å². The van der Waals surface area contributed by atoms with Crippen LogP contribution in [0.5, 0.6) is 0 Å². The summed E-state index contributed by atoms with van der Waals surface area (Å²) in [6, 6.07) is 12.0. The number of nitrogens with zero attached hydrogens (tertiary/aromatic N) is 2. The molecule has 0 bridgehead atoms. The third-order valence-corrected chi connectivity index (χ3v) is 6.01. The lowest BCUT2D eigenvalue weighted by Gasteiger charge is -2.45. The second kappa shape index (κ2) is 5.60. The lowest BCUT2D eigenvalue weighted by Crippen LogP contribution is -2.51. The molecule has 0 amide bonds. The molecule has 2 N–H and O–H groups in total. The van der Waals surface area contributed by atoms with E-state index in [9.17, 15) is 0 Å². The molecule has 128 valence electrons. The Morgan fingerprint density at radius 3 is 3.00 bits per heavy atom. The van der Waals surface area contributed by atoms with Crippen molar-refractivity contribution in [3.8, 4) is 0 Å². The number of aromatic amines is 1. The predicted molar refractivity (Wildman–Crippen MR) is 102 cm³/mol. The molecule has 1 fully saturated rings. The van der Waals surface area contributed by atoms with Gasteiger partial charge < -0.3 is 15.2 Å². The summed E-state index contributed by atoms with van der Waals surface area (Å²) in [5, 5.41) is 5.18. The molecule has 1 aliphatic carbocycles. The Balaban J connectivity index is 1.47. The van der Waals surface area contributed by atoms with E-state index in [0.29, 0.717) is 18.0 Å². The highest BCUT2D eigenvalue weighted by Gasteiger charge is 2.39. The second-order valence-electron chi connectivity index (χ2n) is 7.67. The van der Waals surface area contributed by atoms with E-state index in [0.717, 1.165) is 24.3 Å². The number of pyridine rings is 1. The molecule has 3 atom stereocenters. The summed E-state index contributed by atoms with van der Waals surface area (Å²) in [6.07, 6.45) is 6.48. The van der Waals surface area contributed by atoms with Gasteiger partial charge in [0.25, 0.3) is 0 Å². The van der Waals surface area contributed by atoms with Gasteiger partial charge in [0, 0.05) is 47.3 Å². The van der Waals surface area contributed by atoms with Crippen LogP contribution in [0.15, 0.2) is 42.7 Å². The summed E-state index contributed by atoms with van der Waals surface area (Å²) in [5.41, 5.74) is 6.47. The highest BCUT2D eigenvalue weighted by atomic mass is 15.2. The summed E-state index contributed by atoms with van der Waals surface area (Å²) in [6.45, 7) is 3.10. The quantitative estimate of drug-likeness (QED) is 0.752. The molecule has 1 saturated heterocycles. The number of fused-ring (bicyclic) bond motifs is 2. The third-order valence-electron chi connectivity index (χ3n) is 6.01. The molecule has 1 aromatic carbocycles. The second-order valence-corrected chi connectivity index (χ2v) is 7.67. The van der Waals surface area contributed by atoms with E-state index in [1.54, 1.807) is 0 Å². The molecule has 2 aromatic heterocycles. The van der Waals surface area contributed by atoms with Crippen molar-refractivity contribution in [2.75, 3.05) is 18.9 Å². The number of aryl methyl sites for hydroxylation is 1. The Hall–Kier alpha value is -2.33. The average molecular weight is 332 g/mol. The minimum Gasteiger partial charge on any atom is -0.380 e. The van der Waals surface area contributed by atoms with Crippen molar-refractivity contribution in [2.24, 2.45) is 0 Å². The highest BCUT2D eigenvalue weighted by molar-refractivity contribution is 5.88. The maximum absolute atomic E-state index is 4.42. The Morgan fingerprint density at radius 2 is 2.16 bits per heavy atom. The third kappa shape index (κ3) is 2.44. The van der Waals surface area contributed by atoms with E-state index in [1.165, 1.54) is 28.5 Å². The molecule has 3 aromatic rings. The summed E-state index contributed by atoms with van der Waals surface area (Å²) in [7, 11) is 2.27. The molecule has 0 radical (unpaired) electrons. The Labute approximate surface area is 148 Å². The van der Waals surface area contributed by atoms with Crippen LogP contribution in [0.3, 0.4) is 0 Å². The first-order chi connectivity index (χ1) is 12.2. The molecule has 3 heterocycles. The average Bonchev–Trinajstić information content (AvgIpc) is 3.03. The lowest BCUT2D eigenvalue weighted by atomic mass is 9.74. The zero-order chi connectivity index (χ0) is 17.0. The first-order valence-corrected chi connectivity index (χ1v) is 9.17. The van der Waals surface area contributed by atoms with Gasteiger partial charge in [0.2, 0.25) is 0 Å². The van der Waals surface area contributed by atoms with E-state index in [-0.39, 0.29) is 0 Å².